The van der Waals surface area contributed by atoms with E-state index in [0.717, 1.165) is 3.57 Å². The fraction of sp³-hybridized carbons (Fsp3) is 0.200. The van der Waals surface area contributed by atoms with Gasteiger partial charge in [-0.05, 0) is 41.6 Å². The third-order valence-electron chi connectivity index (χ3n) is 1.83. The molecule has 0 bridgehead atoms. The van der Waals surface area contributed by atoms with Crippen molar-refractivity contribution in [2.24, 2.45) is 0 Å². The largest absolute Gasteiger partial charge is 0.496 e. The molecule has 0 saturated carbocycles. The molecule has 0 fully saturated rings. The van der Waals surface area contributed by atoms with Crippen LogP contribution < -0.4 is 4.74 Å². The Morgan fingerprint density at radius 2 is 2.14 bits per heavy atom. The van der Waals surface area contributed by atoms with E-state index in [1.807, 2.05) is 0 Å². The lowest BCUT2D eigenvalue weighted by Crippen LogP contribution is -2.01. The normalized spacial score (nSPS) is 9.64. The van der Waals surface area contributed by atoms with Crippen molar-refractivity contribution in [1.82, 2.24) is 0 Å². The van der Waals surface area contributed by atoms with Crippen LogP contribution >= 0.6 is 22.6 Å². The number of rotatable bonds is 3. The van der Waals surface area contributed by atoms with Crippen LogP contribution in [0.5, 0.6) is 5.75 Å². The quantitative estimate of drug-likeness (QED) is 0.489. The lowest BCUT2D eigenvalue weighted by Gasteiger charge is -2.07. The van der Waals surface area contributed by atoms with Gasteiger partial charge < -0.3 is 4.74 Å². The highest BCUT2D eigenvalue weighted by atomic mass is 127. The minimum atomic E-state index is -0.137. The van der Waals surface area contributed by atoms with Gasteiger partial charge in [-0.25, -0.2) is 0 Å². The van der Waals surface area contributed by atoms with Crippen molar-refractivity contribution >= 4 is 34.7 Å². The molecule has 1 aromatic rings. The first kappa shape index (κ1) is 11.2. The van der Waals surface area contributed by atoms with Crippen molar-refractivity contribution in [2.45, 2.75) is 6.92 Å². The molecule has 14 heavy (non-hydrogen) atoms. The van der Waals surface area contributed by atoms with E-state index >= 15 is 0 Å². The maximum Gasteiger partial charge on any atom is 0.160 e. The van der Waals surface area contributed by atoms with E-state index in [1.54, 1.807) is 12.1 Å². The smallest absolute Gasteiger partial charge is 0.160 e. The van der Waals surface area contributed by atoms with Crippen LogP contribution in [0.3, 0.4) is 0 Å². The van der Waals surface area contributed by atoms with Crippen molar-refractivity contribution in [1.29, 1.82) is 0 Å². The third-order valence-corrected chi connectivity index (χ3v) is 2.67. The van der Waals surface area contributed by atoms with E-state index in [1.165, 1.54) is 14.0 Å². The second-order valence-electron chi connectivity index (χ2n) is 2.75. The average molecular weight is 304 g/mol. The lowest BCUT2D eigenvalue weighted by atomic mass is 10.1. The third kappa shape index (κ3) is 2.12. The lowest BCUT2D eigenvalue weighted by molar-refractivity contribution is 0.100. The van der Waals surface area contributed by atoms with Gasteiger partial charge in [0, 0.05) is 11.1 Å². The summed E-state index contributed by atoms with van der Waals surface area (Å²) >= 11 is 2.05. The summed E-state index contributed by atoms with van der Waals surface area (Å²) in [5.74, 6) is 0.475. The molecule has 0 N–H and O–H groups in total. The van der Waals surface area contributed by atoms with Gasteiger partial charge in [0.05, 0.1) is 10.7 Å². The van der Waals surface area contributed by atoms with Gasteiger partial charge in [0.2, 0.25) is 0 Å². The standard InChI is InChI=1S/C10H9IO3/c1-6(13)8-4-10(14-2)9(11)3-7(8)5-12/h3-5H,1-2H3. The topological polar surface area (TPSA) is 43.4 Å². The Kier molecular flexibility index (Phi) is 3.62. The number of benzene rings is 1. The van der Waals surface area contributed by atoms with Gasteiger partial charge in [-0.1, -0.05) is 0 Å². The molecular formula is C10H9IO3. The Balaban J connectivity index is 3.39. The zero-order chi connectivity index (χ0) is 10.7. The van der Waals surface area contributed by atoms with Gasteiger partial charge in [0.25, 0.3) is 0 Å². The second kappa shape index (κ2) is 4.54. The van der Waals surface area contributed by atoms with Gasteiger partial charge >= 0.3 is 0 Å². The number of aldehydes is 1. The SMILES string of the molecule is COc1cc(C(C)=O)c(C=O)cc1I. The monoisotopic (exact) mass is 304 g/mol. The molecule has 0 aliphatic carbocycles. The van der Waals surface area contributed by atoms with Gasteiger partial charge in [0.15, 0.2) is 12.1 Å². The molecule has 0 unspecified atom stereocenters. The number of ketones is 1. The summed E-state index contributed by atoms with van der Waals surface area (Å²) in [6, 6.07) is 3.23. The van der Waals surface area contributed by atoms with Crippen LogP contribution in [0.15, 0.2) is 12.1 Å². The van der Waals surface area contributed by atoms with E-state index in [4.69, 9.17) is 4.74 Å². The van der Waals surface area contributed by atoms with Crippen LogP contribution in [0.4, 0.5) is 0 Å². The first-order valence-electron chi connectivity index (χ1n) is 3.93. The number of carbonyl (C=O) groups is 2. The van der Waals surface area contributed by atoms with Gasteiger partial charge in [-0.15, -0.1) is 0 Å². The highest BCUT2D eigenvalue weighted by Crippen LogP contribution is 2.24. The summed E-state index contributed by atoms with van der Waals surface area (Å²) in [6.07, 6.45) is 0.679. The fourth-order valence-corrected chi connectivity index (χ4v) is 1.84. The summed E-state index contributed by atoms with van der Waals surface area (Å²) in [6.45, 7) is 1.43. The Morgan fingerprint density at radius 1 is 1.50 bits per heavy atom. The second-order valence-corrected chi connectivity index (χ2v) is 3.91. The van der Waals surface area contributed by atoms with E-state index < -0.39 is 0 Å². The molecule has 0 radical (unpaired) electrons. The number of halogens is 1. The molecule has 4 heteroatoms. The Hall–Kier alpha value is -0.910. The first-order chi connectivity index (χ1) is 6.60. The van der Waals surface area contributed by atoms with Crippen molar-refractivity contribution in [2.75, 3.05) is 7.11 Å². The summed E-state index contributed by atoms with van der Waals surface area (Å²) < 4.78 is 5.88. The maximum absolute atomic E-state index is 11.2. The fourth-order valence-electron chi connectivity index (χ4n) is 1.13. The molecule has 0 saturated heterocycles. The predicted molar refractivity (Wildman–Crippen MR) is 61.1 cm³/mol. The Morgan fingerprint density at radius 3 is 2.57 bits per heavy atom. The molecule has 0 heterocycles. The van der Waals surface area contributed by atoms with Gasteiger partial charge in [-0.3, -0.25) is 9.59 Å². The van der Waals surface area contributed by atoms with E-state index in [2.05, 4.69) is 22.6 Å². The minimum Gasteiger partial charge on any atom is -0.496 e. The van der Waals surface area contributed by atoms with Gasteiger partial charge in [0.1, 0.15) is 5.75 Å². The van der Waals surface area contributed by atoms with E-state index in [0.29, 0.717) is 23.2 Å². The molecule has 0 aliphatic heterocycles. The number of hydrogen-bond donors (Lipinski definition) is 0. The highest BCUT2D eigenvalue weighted by Gasteiger charge is 2.11. The van der Waals surface area contributed by atoms with Crippen molar-refractivity contribution in [3.63, 3.8) is 0 Å². The molecule has 0 aliphatic rings. The van der Waals surface area contributed by atoms with E-state index in [-0.39, 0.29) is 5.78 Å². The molecule has 1 rings (SSSR count). The first-order valence-corrected chi connectivity index (χ1v) is 5.01. The Bertz CT molecular complexity index is 385. The zero-order valence-corrected chi connectivity index (χ0v) is 9.99. The van der Waals surface area contributed by atoms with E-state index in [9.17, 15) is 9.59 Å². The number of carbonyl (C=O) groups excluding carboxylic acids is 2. The number of Topliss-reactive ketones (excluding diaryl/α,β-unsaturated/α-hetero) is 1. The molecule has 3 nitrogen and oxygen atoms in total. The minimum absolute atomic E-state index is 0.137. The van der Waals surface area contributed by atoms with Crippen molar-refractivity contribution in [3.8, 4) is 5.75 Å². The van der Waals surface area contributed by atoms with Crippen LogP contribution in [0.25, 0.3) is 0 Å². The van der Waals surface area contributed by atoms with Crippen LogP contribution in [-0.2, 0) is 0 Å². The van der Waals surface area contributed by atoms with Crippen molar-refractivity contribution < 1.29 is 14.3 Å². The van der Waals surface area contributed by atoms with Crippen LogP contribution in [-0.4, -0.2) is 19.2 Å². The highest BCUT2D eigenvalue weighted by molar-refractivity contribution is 14.1. The average Bonchev–Trinajstić information content (AvgIpc) is 2.16. The predicted octanol–water partition coefficient (Wildman–Crippen LogP) is 2.31. The summed E-state index contributed by atoms with van der Waals surface area (Å²) in [5, 5.41) is 0. The Labute approximate surface area is 95.6 Å². The van der Waals surface area contributed by atoms with Gasteiger partial charge in [-0.2, -0.15) is 0 Å². The maximum atomic E-state index is 11.2. The molecule has 0 atom stereocenters. The summed E-state index contributed by atoms with van der Waals surface area (Å²) in [5.41, 5.74) is 0.806. The van der Waals surface area contributed by atoms with Crippen LogP contribution in [0.1, 0.15) is 27.6 Å². The molecule has 0 spiro atoms. The number of methoxy groups -OCH3 is 1. The number of hydrogen-bond acceptors (Lipinski definition) is 3. The molecule has 0 aromatic heterocycles. The molecule has 0 amide bonds. The van der Waals surface area contributed by atoms with Crippen LogP contribution in [0, 0.1) is 3.57 Å². The number of ether oxygens (including phenoxy) is 1. The summed E-state index contributed by atoms with van der Waals surface area (Å²) in [4.78, 5) is 21.9. The molecular weight excluding hydrogens is 295 g/mol. The molecule has 1 aromatic carbocycles. The van der Waals surface area contributed by atoms with Crippen molar-refractivity contribution in [3.05, 3.63) is 26.8 Å². The zero-order valence-electron chi connectivity index (χ0n) is 7.83. The summed E-state index contributed by atoms with van der Waals surface area (Å²) in [7, 11) is 1.53. The van der Waals surface area contributed by atoms with Crippen LogP contribution in [0.2, 0.25) is 0 Å². The molecule has 74 valence electrons.